The van der Waals surface area contributed by atoms with Crippen molar-refractivity contribution in [3.8, 4) is 5.75 Å². The number of carbonyl (C=O) groups excluding carboxylic acids is 1. The van der Waals surface area contributed by atoms with Gasteiger partial charge in [0, 0.05) is 16.0 Å². The zero-order chi connectivity index (χ0) is 22.1. The molecule has 4 aromatic carbocycles. The van der Waals surface area contributed by atoms with E-state index in [1.54, 1.807) is 0 Å². The maximum Gasteiger partial charge on any atom is 0.319 e. The van der Waals surface area contributed by atoms with E-state index in [4.69, 9.17) is 16.0 Å². The van der Waals surface area contributed by atoms with Gasteiger partial charge in [-0.15, -0.1) is 0 Å². The van der Waals surface area contributed by atoms with Crippen molar-refractivity contribution in [2.75, 3.05) is 0 Å². The second-order valence-electron chi connectivity index (χ2n) is 8.77. The Morgan fingerprint density at radius 2 is 1.39 bits per heavy atom. The van der Waals surface area contributed by atoms with Gasteiger partial charge in [-0.2, -0.15) is 0 Å². The minimum atomic E-state index is -2.81. The van der Waals surface area contributed by atoms with Crippen molar-refractivity contribution >= 4 is 47.4 Å². The summed E-state index contributed by atoms with van der Waals surface area (Å²) in [4.78, 5) is 11.7. The first-order valence-electron chi connectivity index (χ1n) is 10.3. The zero-order valence-electron chi connectivity index (χ0n) is 17.9. The van der Waals surface area contributed by atoms with Crippen LogP contribution in [0.2, 0.25) is 10.1 Å². The fraction of sp³-hybridized carbons (Fsp3) is 0.148. The molecule has 0 radical (unpaired) electrons. The molecule has 0 fully saturated rings. The molecule has 0 saturated heterocycles. The van der Waals surface area contributed by atoms with Gasteiger partial charge >= 0.3 is 8.32 Å². The molecule has 31 heavy (non-hydrogen) atoms. The van der Waals surface area contributed by atoms with E-state index in [1.165, 1.54) is 10.4 Å². The van der Waals surface area contributed by atoms with Crippen LogP contribution in [0.15, 0.2) is 91.0 Å². The Balaban J connectivity index is 2.04. The maximum atomic E-state index is 11.7. The molecule has 0 saturated carbocycles. The number of hydrogen-bond acceptors (Lipinski definition) is 2. The van der Waals surface area contributed by atoms with Crippen molar-refractivity contribution in [2.24, 2.45) is 0 Å². The number of halogens is 1. The number of benzene rings is 4. The van der Waals surface area contributed by atoms with Gasteiger partial charge in [-0.3, -0.25) is 4.79 Å². The minimum absolute atomic E-state index is 0.175. The van der Waals surface area contributed by atoms with Gasteiger partial charge in [-0.05, 0) is 51.1 Å². The van der Waals surface area contributed by atoms with Gasteiger partial charge in [0.2, 0.25) is 0 Å². The standard InChI is InChI=1S/C27H25ClO2Si/c1-27(2,3)31(23-10-6-4-7-11-23,24-12-8-5-9-13-24)30-26-17-20(19-29)16-21-18-22(28)14-15-25(21)26/h4-19H,1-3H3. The fourth-order valence-electron chi connectivity index (χ4n) is 4.29. The molecular weight excluding hydrogens is 420 g/mol. The monoisotopic (exact) mass is 444 g/mol. The van der Waals surface area contributed by atoms with E-state index in [1.807, 2.05) is 42.5 Å². The molecule has 0 N–H and O–H groups in total. The highest BCUT2D eigenvalue weighted by Gasteiger charge is 2.52. The largest absolute Gasteiger partial charge is 0.534 e. The van der Waals surface area contributed by atoms with Gasteiger partial charge in [-0.1, -0.05) is 93.0 Å². The highest BCUT2D eigenvalue weighted by Crippen LogP contribution is 2.40. The van der Waals surface area contributed by atoms with E-state index in [0.29, 0.717) is 16.3 Å². The second-order valence-corrected chi connectivity index (χ2v) is 13.4. The Morgan fingerprint density at radius 1 is 0.806 bits per heavy atom. The molecule has 2 nitrogen and oxygen atoms in total. The van der Waals surface area contributed by atoms with Gasteiger partial charge in [0.1, 0.15) is 12.0 Å². The Labute approximate surface area is 189 Å². The highest BCUT2D eigenvalue weighted by molar-refractivity contribution is 7.00. The summed E-state index contributed by atoms with van der Waals surface area (Å²) in [5.74, 6) is 0.713. The Bertz CT molecular complexity index is 1180. The number of hydrogen-bond donors (Lipinski definition) is 0. The van der Waals surface area contributed by atoms with Gasteiger partial charge in [0.25, 0.3) is 0 Å². The molecule has 0 aliphatic rings. The van der Waals surface area contributed by atoms with E-state index in [2.05, 4.69) is 69.3 Å². The van der Waals surface area contributed by atoms with Gasteiger partial charge in [-0.25, -0.2) is 0 Å². The smallest absolute Gasteiger partial charge is 0.319 e. The van der Waals surface area contributed by atoms with E-state index in [0.717, 1.165) is 17.1 Å². The molecule has 4 rings (SSSR count). The van der Waals surface area contributed by atoms with Crippen LogP contribution in [0, 0.1) is 0 Å². The number of rotatable bonds is 5. The quantitative estimate of drug-likeness (QED) is 0.269. The average Bonchev–Trinajstić information content (AvgIpc) is 2.77. The van der Waals surface area contributed by atoms with Gasteiger partial charge in [0.15, 0.2) is 0 Å². The number of aldehydes is 1. The van der Waals surface area contributed by atoms with Crippen LogP contribution in [0.5, 0.6) is 5.75 Å². The summed E-state index contributed by atoms with van der Waals surface area (Å²) in [6.45, 7) is 6.71. The van der Waals surface area contributed by atoms with Crippen LogP contribution in [0.4, 0.5) is 0 Å². The van der Waals surface area contributed by atoms with Crippen LogP contribution in [0.3, 0.4) is 0 Å². The Kier molecular flexibility index (Phi) is 5.74. The average molecular weight is 445 g/mol. The van der Waals surface area contributed by atoms with Crippen molar-refractivity contribution in [3.63, 3.8) is 0 Å². The lowest BCUT2D eigenvalue weighted by Crippen LogP contribution is -2.68. The summed E-state index contributed by atoms with van der Waals surface area (Å²) >= 11 is 6.24. The van der Waals surface area contributed by atoms with Crippen LogP contribution in [0.25, 0.3) is 10.8 Å². The van der Waals surface area contributed by atoms with Crippen molar-refractivity contribution in [1.82, 2.24) is 0 Å². The first-order valence-corrected chi connectivity index (χ1v) is 12.6. The summed E-state index contributed by atoms with van der Waals surface area (Å²) in [7, 11) is -2.81. The van der Waals surface area contributed by atoms with Crippen molar-refractivity contribution in [1.29, 1.82) is 0 Å². The van der Waals surface area contributed by atoms with E-state index < -0.39 is 8.32 Å². The molecule has 0 aliphatic carbocycles. The third-order valence-corrected chi connectivity index (χ3v) is 10.9. The second kappa shape index (κ2) is 8.33. The molecule has 0 unspecified atom stereocenters. The first kappa shape index (κ1) is 21.4. The summed E-state index contributed by atoms with van der Waals surface area (Å²) in [5.41, 5.74) is 0.572. The lowest BCUT2D eigenvalue weighted by Gasteiger charge is -2.43. The lowest BCUT2D eigenvalue weighted by molar-refractivity contribution is 0.112. The minimum Gasteiger partial charge on any atom is -0.534 e. The predicted octanol–water partition coefficient (Wildman–Crippen LogP) is 6.24. The van der Waals surface area contributed by atoms with Crippen molar-refractivity contribution in [2.45, 2.75) is 25.8 Å². The van der Waals surface area contributed by atoms with Gasteiger partial charge in [0.05, 0.1) is 0 Å². The van der Waals surface area contributed by atoms with Crippen LogP contribution < -0.4 is 14.8 Å². The molecule has 0 aliphatic heterocycles. The van der Waals surface area contributed by atoms with Crippen molar-refractivity contribution < 1.29 is 9.22 Å². The summed E-state index contributed by atoms with van der Waals surface area (Å²) < 4.78 is 7.17. The summed E-state index contributed by atoms with van der Waals surface area (Å²) in [5, 5.41) is 4.67. The molecule has 0 heterocycles. The molecule has 0 spiro atoms. The number of carbonyl (C=O) groups is 1. The Hall–Kier alpha value is -2.88. The summed E-state index contributed by atoms with van der Waals surface area (Å²) in [6.07, 6.45) is 0.860. The molecule has 0 aromatic heterocycles. The first-order chi connectivity index (χ1) is 14.8. The third kappa shape index (κ3) is 3.91. The molecular formula is C27H25ClO2Si. The molecule has 4 aromatic rings. The predicted molar refractivity (Wildman–Crippen MR) is 133 cm³/mol. The van der Waals surface area contributed by atoms with Crippen molar-refractivity contribution in [3.05, 3.63) is 102 Å². The van der Waals surface area contributed by atoms with E-state index in [9.17, 15) is 4.79 Å². The van der Waals surface area contributed by atoms with E-state index >= 15 is 0 Å². The summed E-state index contributed by atoms with van der Waals surface area (Å²) in [6, 6.07) is 30.4. The topological polar surface area (TPSA) is 26.3 Å². The molecule has 0 amide bonds. The lowest BCUT2D eigenvalue weighted by atomic mass is 10.1. The molecule has 0 atom stereocenters. The third-order valence-electron chi connectivity index (χ3n) is 5.71. The molecule has 156 valence electrons. The number of fused-ring (bicyclic) bond motifs is 1. The Morgan fingerprint density at radius 3 is 1.90 bits per heavy atom. The van der Waals surface area contributed by atoms with Crippen LogP contribution in [0.1, 0.15) is 31.1 Å². The normalized spacial score (nSPS) is 12.0. The highest BCUT2D eigenvalue weighted by atomic mass is 35.5. The fourth-order valence-corrected chi connectivity index (χ4v) is 8.90. The van der Waals surface area contributed by atoms with Crippen LogP contribution in [-0.4, -0.2) is 14.6 Å². The molecule has 4 heteroatoms. The van der Waals surface area contributed by atoms with Crippen LogP contribution >= 0.6 is 11.6 Å². The molecule has 0 bridgehead atoms. The SMILES string of the molecule is CC(C)(C)[Si](Oc1cc(C=O)cc2cc(Cl)ccc12)(c1ccccc1)c1ccccc1. The zero-order valence-corrected chi connectivity index (χ0v) is 19.7. The van der Waals surface area contributed by atoms with Crippen LogP contribution in [-0.2, 0) is 0 Å². The van der Waals surface area contributed by atoms with Gasteiger partial charge < -0.3 is 4.43 Å². The van der Waals surface area contributed by atoms with E-state index in [-0.39, 0.29) is 5.04 Å². The maximum absolute atomic E-state index is 11.7.